The number of carbonyl (C=O) groups is 1. The van der Waals surface area contributed by atoms with Crippen molar-refractivity contribution >= 4 is 33.4 Å². The lowest BCUT2D eigenvalue weighted by Crippen LogP contribution is -2.55. The highest BCUT2D eigenvalue weighted by Gasteiger charge is 2.38. The van der Waals surface area contributed by atoms with Crippen LogP contribution in [0.5, 0.6) is 0 Å². The molecule has 2 saturated heterocycles. The molecule has 1 saturated carbocycles. The van der Waals surface area contributed by atoms with Crippen LogP contribution in [-0.4, -0.2) is 80.2 Å². The number of rotatable bonds is 5. The Morgan fingerprint density at radius 3 is 2.25 bits per heavy atom. The number of piperazine rings is 1. The minimum absolute atomic E-state index is 0.0887. The molecule has 0 aromatic heterocycles. The van der Waals surface area contributed by atoms with Crippen LogP contribution in [-0.2, 0) is 15.0 Å². The van der Waals surface area contributed by atoms with Gasteiger partial charge in [0, 0.05) is 63.1 Å². The number of halogens is 1. The number of hydrogen-bond donors (Lipinski definition) is 0. The van der Waals surface area contributed by atoms with Crippen molar-refractivity contribution in [2.75, 3.05) is 51.2 Å². The van der Waals surface area contributed by atoms with E-state index in [1.807, 2.05) is 29.2 Å². The fourth-order valence-corrected chi connectivity index (χ4v) is 7.07. The summed E-state index contributed by atoms with van der Waals surface area (Å²) in [4.78, 5) is 17.4. The Bertz CT molecular complexity index is 881. The highest BCUT2D eigenvalue weighted by Crippen LogP contribution is 2.28. The van der Waals surface area contributed by atoms with Gasteiger partial charge in [-0.15, -0.1) is 0 Å². The molecule has 3 aliphatic rings. The molecule has 1 aromatic rings. The fraction of sp³-hybridized carbons (Fsp3) is 0.696. The van der Waals surface area contributed by atoms with Gasteiger partial charge in [-0.1, -0.05) is 30.9 Å². The van der Waals surface area contributed by atoms with Gasteiger partial charge in [-0.25, -0.2) is 0 Å². The summed E-state index contributed by atoms with van der Waals surface area (Å²) in [6.07, 6.45) is 6.74. The maximum Gasteiger partial charge on any atom is 0.281 e. The average molecular weight is 483 g/mol. The highest BCUT2D eigenvalue weighted by atomic mass is 35.5. The smallest absolute Gasteiger partial charge is 0.281 e. The predicted octanol–water partition coefficient (Wildman–Crippen LogP) is 3.21. The van der Waals surface area contributed by atoms with E-state index >= 15 is 0 Å². The molecule has 3 fully saturated rings. The van der Waals surface area contributed by atoms with E-state index in [1.54, 1.807) is 15.7 Å². The second kappa shape index (κ2) is 10.3. The Kier molecular flexibility index (Phi) is 7.65. The third kappa shape index (κ3) is 5.24. The minimum Gasteiger partial charge on any atom is -0.368 e. The third-order valence-electron chi connectivity index (χ3n) is 7.30. The molecule has 0 spiro atoms. The number of hydrogen-bond acceptors (Lipinski definition) is 4. The molecule has 0 unspecified atom stereocenters. The van der Waals surface area contributed by atoms with Gasteiger partial charge < -0.3 is 9.80 Å². The number of nitrogens with zero attached hydrogens (tertiary/aromatic N) is 4. The van der Waals surface area contributed by atoms with Crippen molar-refractivity contribution in [3.8, 4) is 0 Å². The molecule has 1 aromatic carbocycles. The topological polar surface area (TPSA) is 64.2 Å². The van der Waals surface area contributed by atoms with Crippen molar-refractivity contribution in [3.63, 3.8) is 0 Å². The molecule has 2 aliphatic heterocycles. The van der Waals surface area contributed by atoms with Crippen molar-refractivity contribution in [2.45, 2.75) is 51.0 Å². The van der Waals surface area contributed by atoms with Crippen molar-refractivity contribution in [1.29, 1.82) is 0 Å². The van der Waals surface area contributed by atoms with Crippen LogP contribution in [0.2, 0.25) is 5.02 Å². The van der Waals surface area contributed by atoms with E-state index < -0.39 is 10.2 Å². The molecule has 178 valence electrons. The molecule has 1 amide bonds. The van der Waals surface area contributed by atoms with Gasteiger partial charge in [-0.2, -0.15) is 17.0 Å². The maximum absolute atomic E-state index is 13.3. The number of carbonyl (C=O) groups excluding carboxylic acids is 1. The van der Waals surface area contributed by atoms with Gasteiger partial charge >= 0.3 is 0 Å². The molecule has 4 rings (SSSR count). The standard InChI is InChI=1S/C23H35ClN4O3S/c1-25(21-7-3-2-4-8-21)32(30,31)28-13-5-6-19(18-28)23(29)27-16-14-26(15-17-27)22-11-9-20(24)10-12-22/h9-12,19,21H,2-8,13-18H2,1H3/t19-/m1/s1. The summed E-state index contributed by atoms with van der Waals surface area (Å²) in [6.45, 7) is 3.67. The SMILES string of the molecule is CN(C1CCCCC1)S(=O)(=O)N1CCC[C@@H](C(=O)N2CCN(c3ccc(Cl)cc3)CC2)C1. The Hall–Kier alpha value is -1.35. The molecule has 1 atom stereocenters. The quantitative estimate of drug-likeness (QED) is 0.646. The van der Waals surface area contributed by atoms with Crippen molar-refractivity contribution in [1.82, 2.24) is 13.5 Å². The maximum atomic E-state index is 13.3. The van der Waals surface area contributed by atoms with Gasteiger partial charge in [0.15, 0.2) is 0 Å². The summed E-state index contributed by atoms with van der Waals surface area (Å²) in [5, 5.41) is 0.716. The van der Waals surface area contributed by atoms with E-state index in [4.69, 9.17) is 11.6 Å². The van der Waals surface area contributed by atoms with E-state index in [0.717, 1.165) is 57.3 Å². The summed E-state index contributed by atoms with van der Waals surface area (Å²) in [6, 6.07) is 7.87. The van der Waals surface area contributed by atoms with Gasteiger partial charge in [-0.05, 0) is 49.9 Å². The first kappa shape index (κ1) is 23.8. The molecular weight excluding hydrogens is 448 g/mol. The van der Waals surface area contributed by atoms with E-state index in [0.29, 0.717) is 31.2 Å². The van der Waals surface area contributed by atoms with Crippen molar-refractivity contribution in [3.05, 3.63) is 29.3 Å². The normalized spacial score (nSPS) is 24.2. The first-order valence-electron chi connectivity index (χ1n) is 11.9. The molecule has 2 heterocycles. The first-order chi connectivity index (χ1) is 15.4. The molecule has 0 N–H and O–H groups in total. The zero-order valence-electron chi connectivity index (χ0n) is 19.0. The lowest BCUT2D eigenvalue weighted by atomic mass is 9.96. The van der Waals surface area contributed by atoms with Crippen LogP contribution in [0.1, 0.15) is 44.9 Å². The summed E-state index contributed by atoms with van der Waals surface area (Å²) >= 11 is 5.99. The van der Waals surface area contributed by atoms with Gasteiger partial charge in [-0.3, -0.25) is 4.79 Å². The van der Waals surface area contributed by atoms with Crippen LogP contribution in [0.3, 0.4) is 0 Å². The molecule has 1 aliphatic carbocycles. The van der Waals surface area contributed by atoms with E-state index in [2.05, 4.69) is 4.90 Å². The predicted molar refractivity (Wildman–Crippen MR) is 128 cm³/mol. The fourth-order valence-electron chi connectivity index (χ4n) is 5.26. The monoisotopic (exact) mass is 482 g/mol. The van der Waals surface area contributed by atoms with E-state index in [-0.39, 0.29) is 17.9 Å². The van der Waals surface area contributed by atoms with Crippen LogP contribution in [0.4, 0.5) is 5.69 Å². The molecule has 0 radical (unpaired) electrons. The molecule has 0 bridgehead atoms. The van der Waals surface area contributed by atoms with Crippen LogP contribution in [0.15, 0.2) is 24.3 Å². The summed E-state index contributed by atoms with van der Waals surface area (Å²) in [7, 11) is -1.82. The largest absolute Gasteiger partial charge is 0.368 e. The zero-order valence-corrected chi connectivity index (χ0v) is 20.5. The van der Waals surface area contributed by atoms with Gasteiger partial charge in [0.1, 0.15) is 0 Å². The van der Waals surface area contributed by atoms with Crippen LogP contribution >= 0.6 is 11.6 Å². The lowest BCUT2D eigenvalue weighted by molar-refractivity contribution is -0.137. The van der Waals surface area contributed by atoms with E-state index in [1.165, 1.54) is 6.42 Å². The van der Waals surface area contributed by atoms with Crippen LogP contribution in [0.25, 0.3) is 0 Å². The second-order valence-corrected chi connectivity index (χ2v) is 11.7. The number of piperidine rings is 1. The zero-order chi connectivity index (χ0) is 22.7. The second-order valence-electron chi connectivity index (χ2n) is 9.30. The summed E-state index contributed by atoms with van der Waals surface area (Å²) < 4.78 is 29.7. The molecule has 32 heavy (non-hydrogen) atoms. The highest BCUT2D eigenvalue weighted by molar-refractivity contribution is 7.86. The van der Waals surface area contributed by atoms with Crippen LogP contribution < -0.4 is 4.90 Å². The van der Waals surface area contributed by atoms with Gasteiger partial charge in [0.25, 0.3) is 10.2 Å². The van der Waals surface area contributed by atoms with Gasteiger partial charge in [0.05, 0.1) is 5.92 Å². The summed E-state index contributed by atoms with van der Waals surface area (Å²) in [5.74, 6) is -0.152. The number of benzene rings is 1. The van der Waals surface area contributed by atoms with E-state index in [9.17, 15) is 13.2 Å². The number of amides is 1. The minimum atomic E-state index is -3.53. The first-order valence-corrected chi connectivity index (χ1v) is 13.7. The summed E-state index contributed by atoms with van der Waals surface area (Å²) in [5.41, 5.74) is 1.11. The van der Waals surface area contributed by atoms with Crippen molar-refractivity contribution < 1.29 is 13.2 Å². The average Bonchev–Trinajstić information content (AvgIpc) is 2.84. The molecule has 9 heteroatoms. The van der Waals surface area contributed by atoms with Crippen LogP contribution in [0, 0.1) is 5.92 Å². The Labute approximate surface area is 197 Å². The third-order valence-corrected chi connectivity index (χ3v) is 9.56. The Morgan fingerprint density at radius 1 is 0.938 bits per heavy atom. The molecular formula is C23H35ClN4O3S. The molecule has 7 nitrogen and oxygen atoms in total. The Morgan fingerprint density at radius 2 is 1.59 bits per heavy atom. The number of anilines is 1. The van der Waals surface area contributed by atoms with Crippen molar-refractivity contribution in [2.24, 2.45) is 5.92 Å². The Balaban J connectivity index is 1.34. The van der Waals surface area contributed by atoms with Gasteiger partial charge in [0.2, 0.25) is 5.91 Å². The lowest BCUT2D eigenvalue weighted by Gasteiger charge is -2.40.